The van der Waals surface area contributed by atoms with Crippen molar-refractivity contribution in [3.8, 4) is 11.5 Å². The van der Waals surface area contributed by atoms with E-state index in [1.165, 1.54) is 0 Å². The van der Waals surface area contributed by atoms with Crippen LogP contribution in [0.1, 0.15) is 37.7 Å². The van der Waals surface area contributed by atoms with Crippen LogP contribution in [0.2, 0.25) is 0 Å². The molecular formula is C19H26N2O4. The highest BCUT2D eigenvalue weighted by atomic mass is 16.7. The number of nitrogens with one attached hydrogen (secondary N) is 2. The lowest BCUT2D eigenvalue weighted by Crippen LogP contribution is -2.59. The predicted molar refractivity (Wildman–Crippen MR) is 92.8 cm³/mol. The Bertz CT molecular complexity index is 615. The number of aryl methyl sites for hydroxylation is 1. The largest absolute Gasteiger partial charge is 0.454 e. The topological polar surface area (TPSA) is 68.8 Å². The molecule has 1 saturated heterocycles. The van der Waals surface area contributed by atoms with Gasteiger partial charge < -0.3 is 24.8 Å². The fraction of sp³-hybridized carbons (Fsp3) is 0.632. The van der Waals surface area contributed by atoms with Gasteiger partial charge in [-0.3, -0.25) is 4.79 Å². The Balaban J connectivity index is 1.21. The minimum atomic E-state index is 0.126. The third-order valence-corrected chi connectivity index (χ3v) is 5.37. The van der Waals surface area contributed by atoms with Gasteiger partial charge in [0.25, 0.3) is 0 Å². The first-order valence-electron chi connectivity index (χ1n) is 9.29. The van der Waals surface area contributed by atoms with Crippen LogP contribution < -0.4 is 20.1 Å². The quantitative estimate of drug-likeness (QED) is 0.822. The molecule has 25 heavy (non-hydrogen) atoms. The Morgan fingerprint density at radius 3 is 2.64 bits per heavy atom. The summed E-state index contributed by atoms with van der Waals surface area (Å²) in [6.07, 6.45) is 5.57. The molecule has 0 radical (unpaired) electrons. The third kappa shape index (κ3) is 4.07. The first-order chi connectivity index (χ1) is 12.3. The molecule has 2 atom stereocenters. The molecule has 136 valence electrons. The first kappa shape index (κ1) is 16.7. The maximum atomic E-state index is 12.3. The van der Waals surface area contributed by atoms with Crippen molar-refractivity contribution in [1.29, 1.82) is 0 Å². The molecule has 1 aromatic rings. The number of amides is 1. The fourth-order valence-electron chi connectivity index (χ4n) is 3.67. The zero-order chi connectivity index (χ0) is 17.1. The summed E-state index contributed by atoms with van der Waals surface area (Å²) >= 11 is 0. The fourth-order valence-corrected chi connectivity index (χ4v) is 3.67. The molecule has 1 aliphatic carbocycles. The van der Waals surface area contributed by atoms with Gasteiger partial charge in [-0.2, -0.15) is 0 Å². The minimum absolute atomic E-state index is 0.126. The van der Waals surface area contributed by atoms with Gasteiger partial charge in [-0.15, -0.1) is 0 Å². The third-order valence-electron chi connectivity index (χ3n) is 5.37. The van der Waals surface area contributed by atoms with Crippen molar-refractivity contribution < 1.29 is 19.0 Å². The second kappa shape index (κ2) is 7.62. The summed E-state index contributed by atoms with van der Waals surface area (Å²) in [4.78, 5) is 12.3. The van der Waals surface area contributed by atoms with E-state index in [0.717, 1.165) is 56.0 Å². The maximum Gasteiger partial charge on any atom is 0.231 e. The smallest absolute Gasteiger partial charge is 0.231 e. The van der Waals surface area contributed by atoms with E-state index < -0.39 is 0 Å². The van der Waals surface area contributed by atoms with E-state index in [2.05, 4.69) is 10.6 Å². The summed E-state index contributed by atoms with van der Waals surface area (Å²) in [7, 11) is 0. The van der Waals surface area contributed by atoms with E-state index in [1.807, 2.05) is 18.2 Å². The summed E-state index contributed by atoms with van der Waals surface area (Å²) in [6, 6.07) is 7.10. The van der Waals surface area contributed by atoms with Crippen molar-refractivity contribution in [2.24, 2.45) is 0 Å². The van der Waals surface area contributed by atoms with Gasteiger partial charge in [0.05, 0.1) is 0 Å². The van der Waals surface area contributed by atoms with E-state index in [-0.39, 0.29) is 18.7 Å². The van der Waals surface area contributed by atoms with Crippen molar-refractivity contribution in [3.05, 3.63) is 23.8 Å². The number of ether oxygens (including phenoxy) is 3. The molecule has 6 heteroatoms. The Morgan fingerprint density at radius 2 is 1.84 bits per heavy atom. The molecule has 2 fully saturated rings. The zero-order valence-electron chi connectivity index (χ0n) is 14.5. The van der Waals surface area contributed by atoms with E-state index in [9.17, 15) is 4.79 Å². The van der Waals surface area contributed by atoms with Crippen LogP contribution in [0.3, 0.4) is 0 Å². The molecule has 2 aliphatic heterocycles. The van der Waals surface area contributed by atoms with Crippen molar-refractivity contribution >= 4 is 5.91 Å². The van der Waals surface area contributed by atoms with E-state index in [4.69, 9.17) is 14.2 Å². The van der Waals surface area contributed by atoms with Gasteiger partial charge in [0.1, 0.15) is 0 Å². The molecule has 1 aromatic carbocycles. The molecule has 1 saturated carbocycles. The molecule has 0 unspecified atom stereocenters. The molecular weight excluding hydrogens is 320 g/mol. The molecule has 0 spiro atoms. The average molecular weight is 346 g/mol. The second-order valence-corrected chi connectivity index (χ2v) is 7.10. The number of hydrogen-bond acceptors (Lipinski definition) is 5. The lowest BCUT2D eigenvalue weighted by atomic mass is 9.85. The number of carbonyl (C=O) groups excluding carboxylic acids is 1. The second-order valence-electron chi connectivity index (χ2n) is 7.10. The Kier molecular flexibility index (Phi) is 5.08. The van der Waals surface area contributed by atoms with Gasteiger partial charge in [-0.1, -0.05) is 6.07 Å². The van der Waals surface area contributed by atoms with Crippen LogP contribution >= 0.6 is 0 Å². The molecule has 2 N–H and O–H groups in total. The number of benzene rings is 1. The minimum Gasteiger partial charge on any atom is -0.454 e. The van der Waals surface area contributed by atoms with Crippen LogP contribution in [0.25, 0.3) is 0 Å². The number of rotatable bonds is 6. The van der Waals surface area contributed by atoms with Gasteiger partial charge in [0, 0.05) is 37.8 Å². The van der Waals surface area contributed by atoms with E-state index >= 15 is 0 Å². The number of carbonyl (C=O) groups is 1. The summed E-state index contributed by atoms with van der Waals surface area (Å²) in [5, 5.41) is 6.88. The zero-order valence-corrected chi connectivity index (χ0v) is 14.5. The van der Waals surface area contributed by atoms with Crippen molar-refractivity contribution in [2.45, 2.75) is 56.7 Å². The van der Waals surface area contributed by atoms with Gasteiger partial charge in [0.15, 0.2) is 11.5 Å². The maximum absolute atomic E-state index is 12.3. The van der Waals surface area contributed by atoms with Gasteiger partial charge in [-0.25, -0.2) is 0 Å². The molecule has 6 nitrogen and oxygen atoms in total. The summed E-state index contributed by atoms with van der Waals surface area (Å²) in [5.74, 6) is 1.68. The first-order valence-corrected chi connectivity index (χ1v) is 9.29. The summed E-state index contributed by atoms with van der Waals surface area (Å²) in [5.41, 5.74) is 1.10. The van der Waals surface area contributed by atoms with Gasteiger partial charge in [0.2, 0.25) is 12.7 Å². The summed E-state index contributed by atoms with van der Waals surface area (Å²) in [6.45, 7) is 1.97. The normalized spacial score (nSPS) is 25.4. The predicted octanol–water partition coefficient (Wildman–Crippen LogP) is 1.76. The van der Waals surface area contributed by atoms with Crippen LogP contribution in [-0.2, 0) is 16.0 Å². The Morgan fingerprint density at radius 1 is 1.04 bits per heavy atom. The molecule has 0 bridgehead atoms. The highest BCUT2D eigenvalue weighted by molar-refractivity contribution is 5.76. The van der Waals surface area contributed by atoms with Crippen LogP contribution in [-0.4, -0.2) is 44.0 Å². The lowest BCUT2D eigenvalue weighted by molar-refractivity contribution is -0.122. The van der Waals surface area contributed by atoms with Crippen LogP contribution in [0.5, 0.6) is 11.5 Å². The molecule has 3 aliphatic rings. The standard InChI is InChI=1S/C19H26N2O4/c22-19(6-2-13-1-5-17-18(11-13)25-12-24-17)21-16-4-3-15(16)20-14-7-9-23-10-8-14/h1,5,11,14-16,20H,2-4,6-10,12H2,(H,21,22)/t15-,16+/m1/s1. The monoisotopic (exact) mass is 346 g/mol. The van der Waals surface area contributed by atoms with Crippen molar-refractivity contribution in [2.75, 3.05) is 20.0 Å². The highest BCUT2D eigenvalue weighted by Crippen LogP contribution is 2.32. The Hall–Kier alpha value is -1.79. The van der Waals surface area contributed by atoms with E-state index in [1.54, 1.807) is 0 Å². The molecule has 0 aromatic heterocycles. The highest BCUT2D eigenvalue weighted by Gasteiger charge is 2.33. The van der Waals surface area contributed by atoms with E-state index in [0.29, 0.717) is 24.9 Å². The van der Waals surface area contributed by atoms with Crippen LogP contribution in [0, 0.1) is 0 Å². The molecule has 1 amide bonds. The van der Waals surface area contributed by atoms with Gasteiger partial charge >= 0.3 is 0 Å². The molecule has 2 heterocycles. The molecule has 4 rings (SSSR count). The van der Waals surface area contributed by atoms with Gasteiger partial charge in [-0.05, 0) is 49.8 Å². The number of hydrogen-bond donors (Lipinski definition) is 2. The summed E-state index contributed by atoms with van der Waals surface area (Å²) < 4.78 is 16.1. The average Bonchev–Trinajstić information content (AvgIpc) is 3.10. The number of fused-ring (bicyclic) bond motifs is 1. The van der Waals surface area contributed by atoms with Crippen LogP contribution in [0.4, 0.5) is 0 Å². The van der Waals surface area contributed by atoms with Crippen LogP contribution in [0.15, 0.2) is 18.2 Å². The Labute approximate surface area is 148 Å². The SMILES string of the molecule is O=C(CCc1ccc2c(c1)OCO2)N[C@H]1CC[C@H]1NC1CCOCC1. The lowest BCUT2D eigenvalue weighted by Gasteiger charge is -2.41. The van der Waals surface area contributed by atoms with Crippen molar-refractivity contribution in [3.63, 3.8) is 0 Å². The van der Waals surface area contributed by atoms with Crippen molar-refractivity contribution in [1.82, 2.24) is 10.6 Å².